The Bertz CT molecular complexity index is 1320. The number of amides is 1. The zero-order valence-electron chi connectivity index (χ0n) is 19.6. The summed E-state index contributed by atoms with van der Waals surface area (Å²) in [5, 5.41) is 8.20. The fraction of sp³-hybridized carbons (Fsp3) is 0.308. The van der Waals surface area contributed by atoms with Crippen molar-refractivity contribution in [2.45, 2.75) is 32.5 Å². The van der Waals surface area contributed by atoms with E-state index in [0.717, 1.165) is 38.0 Å². The molecule has 0 aliphatic carbocycles. The van der Waals surface area contributed by atoms with Gasteiger partial charge in [0.15, 0.2) is 0 Å². The second-order valence-corrected chi connectivity index (χ2v) is 9.80. The van der Waals surface area contributed by atoms with Crippen LogP contribution in [0.3, 0.4) is 0 Å². The molecular formula is C26H26Cl2N6O2. The first-order chi connectivity index (χ1) is 17.5. The molecule has 1 aliphatic heterocycles. The Morgan fingerprint density at radius 1 is 1.08 bits per heavy atom. The molecular weight excluding hydrogens is 499 g/mol. The third-order valence-corrected chi connectivity index (χ3v) is 6.89. The van der Waals surface area contributed by atoms with E-state index in [1.807, 2.05) is 22.9 Å². The van der Waals surface area contributed by atoms with Gasteiger partial charge in [0.2, 0.25) is 17.6 Å². The van der Waals surface area contributed by atoms with Crippen molar-refractivity contribution in [1.82, 2.24) is 29.9 Å². The molecule has 10 heteroatoms. The van der Waals surface area contributed by atoms with E-state index in [0.29, 0.717) is 40.4 Å². The fourth-order valence-electron chi connectivity index (χ4n) is 4.41. The van der Waals surface area contributed by atoms with Crippen molar-refractivity contribution in [3.05, 3.63) is 88.2 Å². The number of halogens is 2. The first-order valence-corrected chi connectivity index (χ1v) is 12.6. The summed E-state index contributed by atoms with van der Waals surface area (Å²) in [4.78, 5) is 23.6. The van der Waals surface area contributed by atoms with E-state index in [9.17, 15) is 4.79 Å². The normalized spacial score (nSPS) is 14.7. The summed E-state index contributed by atoms with van der Waals surface area (Å²) >= 11 is 12.2. The minimum absolute atomic E-state index is 0.00139. The summed E-state index contributed by atoms with van der Waals surface area (Å²) in [5.41, 5.74) is 2.95. The van der Waals surface area contributed by atoms with Gasteiger partial charge in [-0.3, -0.25) is 9.69 Å². The molecule has 1 fully saturated rings. The van der Waals surface area contributed by atoms with Gasteiger partial charge in [-0.05, 0) is 55.3 Å². The topological polar surface area (TPSA) is 89.1 Å². The number of benzene rings is 2. The van der Waals surface area contributed by atoms with Gasteiger partial charge >= 0.3 is 0 Å². The van der Waals surface area contributed by atoms with Gasteiger partial charge in [-0.1, -0.05) is 52.6 Å². The number of likely N-dealkylation sites (tertiary alicyclic amines) is 1. The van der Waals surface area contributed by atoms with Crippen LogP contribution in [0.1, 0.15) is 29.9 Å². The van der Waals surface area contributed by atoms with Crippen molar-refractivity contribution < 1.29 is 9.32 Å². The predicted molar refractivity (Wildman–Crippen MR) is 137 cm³/mol. The maximum atomic E-state index is 12.8. The minimum Gasteiger partial charge on any atom is -0.352 e. The van der Waals surface area contributed by atoms with Crippen molar-refractivity contribution in [3.63, 3.8) is 0 Å². The lowest BCUT2D eigenvalue weighted by Crippen LogP contribution is -2.40. The van der Waals surface area contributed by atoms with Gasteiger partial charge < -0.3 is 14.4 Å². The number of aromatic nitrogens is 4. The third-order valence-electron chi connectivity index (χ3n) is 6.34. The molecule has 0 saturated carbocycles. The van der Waals surface area contributed by atoms with Crippen molar-refractivity contribution in [2.24, 2.45) is 5.92 Å². The van der Waals surface area contributed by atoms with Crippen LogP contribution in [0.15, 0.2) is 65.7 Å². The average Bonchev–Trinajstić information content (AvgIpc) is 3.56. The fourth-order valence-corrected chi connectivity index (χ4v) is 4.90. The van der Waals surface area contributed by atoms with Crippen molar-refractivity contribution in [3.8, 4) is 11.4 Å². The van der Waals surface area contributed by atoms with Crippen LogP contribution in [-0.2, 0) is 24.4 Å². The SMILES string of the molecule is O=C(NCc1cccc(Cn2ccnc2)c1)C1CCN(Cc2nc(-c3ccc(Cl)cc3Cl)no2)CC1. The first kappa shape index (κ1) is 24.5. The molecule has 0 unspecified atom stereocenters. The van der Waals surface area contributed by atoms with Gasteiger partial charge in [0, 0.05) is 42.0 Å². The Morgan fingerprint density at radius 2 is 1.92 bits per heavy atom. The summed E-state index contributed by atoms with van der Waals surface area (Å²) < 4.78 is 7.45. The lowest BCUT2D eigenvalue weighted by atomic mass is 9.96. The summed E-state index contributed by atoms with van der Waals surface area (Å²) in [6.07, 6.45) is 7.08. The number of carbonyl (C=O) groups is 1. The number of nitrogens with one attached hydrogen (secondary N) is 1. The number of hydrogen-bond acceptors (Lipinski definition) is 6. The van der Waals surface area contributed by atoms with Gasteiger partial charge in [-0.25, -0.2) is 4.98 Å². The van der Waals surface area contributed by atoms with E-state index in [4.69, 9.17) is 27.7 Å². The largest absolute Gasteiger partial charge is 0.352 e. The molecule has 0 atom stereocenters. The first-order valence-electron chi connectivity index (χ1n) is 11.8. The maximum Gasteiger partial charge on any atom is 0.241 e. The van der Waals surface area contributed by atoms with Crippen LogP contribution in [0.5, 0.6) is 0 Å². The number of piperidine rings is 1. The number of nitrogens with zero attached hydrogens (tertiary/aromatic N) is 5. The van der Waals surface area contributed by atoms with E-state index in [1.54, 1.807) is 30.7 Å². The molecule has 5 rings (SSSR count). The summed E-state index contributed by atoms with van der Waals surface area (Å²) in [6, 6.07) is 13.4. The second-order valence-electron chi connectivity index (χ2n) is 8.96. The van der Waals surface area contributed by atoms with Crippen LogP contribution >= 0.6 is 23.2 Å². The molecule has 4 aromatic rings. The van der Waals surface area contributed by atoms with Crippen LogP contribution in [0.4, 0.5) is 0 Å². The highest BCUT2D eigenvalue weighted by molar-refractivity contribution is 6.36. The van der Waals surface area contributed by atoms with Gasteiger partial charge in [0.05, 0.1) is 17.9 Å². The van der Waals surface area contributed by atoms with E-state index >= 15 is 0 Å². The minimum atomic E-state index is 0.00139. The summed E-state index contributed by atoms with van der Waals surface area (Å²) in [6.45, 7) is 3.40. The summed E-state index contributed by atoms with van der Waals surface area (Å²) in [7, 11) is 0. The van der Waals surface area contributed by atoms with Crippen LogP contribution < -0.4 is 5.32 Å². The van der Waals surface area contributed by atoms with Crippen molar-refractivity contribution in [1.29, 1.82) is 0 Å². The van der Waals surface area contributed by atoms with E-state index in [-0.39, 0.29) is 11.8 Å². The second kappa shape index (κ2) is 11.2. The Balaban J connectivity index is 1.09. The molecule has 186 valence electrons. The van der Waals surface area contributed by atoms with Crippen LogP contribution in [0, 0.1) is 5.92 Å². The molecule has 1 N–H and O–H groups in total. The van der Waals surface area contributed by atoms with Gasteiger partial charge in [-0.15, -0.1) is 0 Å². The molecule has 2 aromatic carbocycles. The Morgan fingerprint density at radius 3 is 2.69 bits per heavy atom. The lowest BCUT2D eigenvalue weighted by Gasteiger charge is -2.30. The van der Waals surface area contributed by atoms with Crippen LogP contribution in [0.2, 0.25) is 10.0 Å². The average molecular weight is 525 g/mol. The quantitative estimate of drug-likeness (QED) is 0.355. The van der Waals surface area contributed by atoms with Crippen LogP contribution in [-0.4, -0.2) is 43.6 Å². The van der Waals surface area contributed by atoms with Crippen LogP contribution in [0.25, 0.3) is 11.4 Å². The summed E-state index contributed by atoms with van der Waals surface area (Å²) in [5.74, 6) is 1.07. The van der Waals surface area contributed by atoms with Gasteiger partial charge in [0.25, 0.3) is 0 Å². The predicted octanol–water partition coefficient (Wildman–Crippen LogP) is 4.82. The monoisotopic (exact) mass is 524 g/mol. The molecule has 0 spiro atoms. The lowest BCUT2D eigenvalue weighted by molar-refractivity contribution is -0.126. The van der Waals surface area contributed by atoms with Crippen molar-refractivity contribution in [2.75, 3.05) is 13.1 Å². The van der Waals surface area contributed by atoms with E-state index in [1.165, 1.54) is 5.56 Å². The molecule has 3 heterocycles. The highest BCUT2D eigenvalue weighted by Gasteiger charge is 2.26. The number of carbonyl (C=O) groups excluding carboxylic acids is 1. The standard InChI is InChI=1S/C26H26Cl2N6O2/c27-21-4-5-22(23(28)13-21)25-31-24(36-32-25)16-33-9-6-20(7-10-33)26(35)30-14-18-2-1-3-19(12-18)15-34-11-8-29-17-34/h1-5,8,11-13,17,20H,6-7,9-10,14-16H2,(H,30,35). The molecule has 1 aliphatic rings. The van der Waals surface area contributed by atoms with Gasteiger partial charge in [-0.2, -0.15) is 4.98 Å². The molecule has 2 aromatic heterocycles. The highest BCUT2D eigenvalue weighted by atomic mass is 35.5. The third kappa shape index (κ3) is 6.13. The molecule has 1 saturated heterocycles. The zero-order chi connectivity index (χ0) is 24.9. The molecule has 8 nitrogen and oxygen atoms in total. The highest BCUT2D eigenvalue weighted by Crippen LogP contribution is 2.28. The van der Waals surface area contributed by atoms with Gasteiger partial charge in [0.1, 0.15) is 0 Å². The molecule has 36 heavy (non-hydrogen) atoms. The smallest absolute Gasteiger partial charge is 0.241 e. The van der Waals surface area contributed by atoms with E-state index in [2.05, 4.69) is 37.5 Å². The number of hydrogen-bond donors (Lipinski definition) is 1. The Labute approximate surface area is 219 Å². The number of imidazole rings is 1. The zero-order valence-corrected chi connectivity index (χ0v) is 21.1. The molecule has 0 radical (unpaired) electrons. The number of rotatable bonds is 8. The Hall–Kier alpha value is -3.20. The van der Waals surface area contributed by atoms with E-state index < -0.39 is 0 Å². The maximum absolute atomic E-state index is 12.8. The molecule has 0 bridgehead atoms. The van der Waals surface area contributed by atoms with Crippen molar-refractivity contribution >= 4 is 29.1 Å². The Kier molecular flexibility index (Phi) is 7.65. The molecule has 1 amide bonds.